The van der Waals surface area contributed by atoms with Crippen LogP contribution in [-0.2, 0) is 4.74 Å². The maximum atomic E-state index is 8.57. The highest BCUT2D eigenvalue weighted by Crippen LogP contribution is 2.08. The lowest BCUT2D eigenvalue weighted by molar-refractivity contribution is -0.0111. The van der Waals surface area contributed by atoms with Crippen LogP contribution in [-0.4, -0.2) is 30.0 Å². The minimum absolute atomic E-state index is 0.103. The van der Waals surface area contributed by atoms with Crippen LogP contribution >= 0.6 is 0 Å². The summed E-state index contributed by atoms with van der Waals surface area (Å²) in [5.74, 6) is 0. The maximum Gasteiger partial charge on any atom is 0.0624 e. The van der Waals surface area contributed by atoms with Crippen LogP contribution in [0.15, 0.2) is 0 Å². The summed E-state index contributed by atoms with van der Waals surface area (Å²) in [4.78, 5) is 0. The average Bonchev–Trinajstić information content (AvgIpc) is 2.00. The molecule has 0 aromatic rings. The SMILES string of the molecule is CC(C)(C)OC[C@@H](N)CCCCO. The van der Waals surface area contributed by atoms with Gasteiger partial charge in [0.2, 0.25) is 0 Å². The second-order valence-corrected chi connectivity index (χ2v) is 4.40. The van der Waals surface area contributed by atoms with E-state index < -0.39 is 0 Å². The summed E-state index contributed by atoms with van der Waals surface area (Å²) in [5, 5.41) is 8.57. The van der Waals surface area contributed by atoms with Gasteiger partial charge >= 0.3 is 0 Å². The molecule has 0 aliphatic rings. The van der Waals surface area contributed by atoms with Gasteiger partial charge in [-0.05, 0) is 40.0 Å². The van der Waals surface area contributed by atoms with E-state index in [0.717, 1.165) is 19.3 Å². The lowest BCUT2D eigenvalue weighted by Gasteiger charge is -2.22. The predicted octanol–water partition coefficient (Wildman–Crippen LogP) is 1.29. The van der Waals surface area contributed by atoms with Crippen LogP contribution in [0.5, 0.6) is 0 Å². The second kappa shape index (κ2) is 6.35. The average molecular weight is 189 g/mol. The molecule has 0 amide bonds. The third-order valence-corrected chi connectivity index (χ3v) is 1.71. The fraction of sp³-hybridized carbons (Fsp3) is 1.00. The zero-order valence-corrected chi connectivity index (χ0v) is 9.05. The summed E-state index contributed by atoms with van der Waals surface area (Å²) in [6, 6.07) is 0.103. The Kier molecular flexibility index (Phi) is 6.29. The summed E-state index contributed by atoms with van der Waals surface area (Å²) < 4.78 is 5.53. The topological polar surface area (TPSA) is 55.5 Å². The van der Waals surface area contributed by atoms with Crippen LogP contribution in [0.4, 0.5) is 0 Å². The molecule has 3 heteroatoms. The molecule has 80 valence electrons. The van der Waals surface area contributed by atoms with Crippen molar-refractivity contribution in [1.29, 1.82) is 0 Å². The highest BCUT2D eigenvalue weighted by atomic mass is 16.5. The minimum atomic E-state index is -0.103. The van der Waals surface area contributed by atoms with Crippen molar-refractivity contribution in [2.45, 2.75) is 51.7 Å². The molecule has 0 aliphatic heterocycles. The Morgan fingerprint density at radius 2 is 1.92 bits per heavy atom. The molecule has 0 aromatic heterocycles. The Labute approximate surface area is 81.3 Å². The first kappa shape index (κ1) is 12.9. The normalized spacial score (nSPS) is 14.5. The van der Waals surface area contributed by atoms with Gasteiger partial charge in [-0.25, -0.2) is 0 Å². The van der Waals surface area contributed by atoms with Gasteiger partial charge in [0.25, 0.3) is 0 Å². The molecule has 3 nitrogen and oxygen atoms in total. The monoisotopic (exact) mass is 189 g/mol. The van der Waals surface area contributed by atoms with Gasteiger partial charge in [0.05, 0.1) is 12.2 Å². The Morgan fingerprint density at radius 3 is 2.38 bits per heavy atom. The molecule has 0 bridgehead atoms. The highest BCUT2D eigenvalue weighted by Gasteiger charge is 2.12. The molecule has 1 atom stereocenters. The lowest BCUT2D eigenvalue weighted by atomic mass is 10.1. The van der Waals surface area contributed by atoms with Crippen LogP contribution in [0.1, 0.15) is 40.0 Å². The molecule has 0 radical (unpaired) electrons. The summed E-state index contributed by atoms with van der Waals surface area (Å²) >= 11 is 0. The number of aliphatic hydroxyl groups is 1. The molecule has 0 heterocycles. The standard InChI is InChI=1S/C10H23NO2/c1-10(2,3)13-8-9(11)6-4-5-7-12/h9,12H,4-8,11H2,1-3H3/t9-/m0/s1. The van der Waals surface area contributed by atoms with Crippen molar-refractivity contribution < 1.29 is 9.84 Å². The van der Waals surface area contributed by atoms with Gasteiger partial charge in [0.15, 0.2) is 0 Å². The van der Waals surface area contributed by atoms with E-state index in [0.29, 0.717) is 6.61 Å². The first-order valence-electron chi connectivity index (χ1n) is 4.96. The highest BCUT2D eigenvalue weighted by molar-refractivity contribution is 4.65. The van der Waals surface area contributed by atoms with E-state index in [4.69, 9.17) is 15.6 Å². The summed E-state index contributed by atoms with van der Waals surface area (Å²) in [7, 11) is 0. The van der Waals surface area contributed by atoms with E-state index in [1.165, 1.54) is 0 Å². The number of ether oxygens (including phenoxy) is 1. The molecule has 3 N–H and O–H groups in total. The Morgan fingerprint density at radius 1 is 1.31 bits per heavy atom. The number of hydrogen-bond acceptors (Lipinski definition) is 3. The van der Waals surface area contributed by atoms with Gasteiger partial charge in [-0.3, -0.25) is 0 Å². The zero-order valence-electron chi connectivity index (χ0n) is 9.05. The van der Waals surface area contributed by atoms with Crippen molar-refractivity contribution in [2.75, 3.05) is 13.2 Å². The molecule has 0 saturated heterocycles. The van der Waals surface area contributed by atoms with Crippen LogP contribution in [0, 0.1) is 0 Å². The van der Waals surface area contributed by atoms with E-state index >= 15 is 0 Å². The first-order chi connectivity index (χ1) is 5.95. The maximum absolute atomic E-state index is 8.57. The third-order valence-electron chi connectivity index (χ3n) is 1.71. The van der Waals surface area contributed by atoms with Crippen molar-refractivity contribution >= 4 is 0 Å². The lowest BCUT2D eigenvalue weighted by Crippen LogP contribution is -2.31. The quantitative estimate of drug-likeness (QED) is 0.619. The van der Waals surface area contributed by atoms with Crippen molar-refractivity contribution in [3.63, 3.8) is 0 Å². The van der Waals surface area contributed by atoms with Crippen LogP contribution in [0.25, 0.3) is 0 Å². The van der Waals surface area contributed by atoms with Crippen LogP contribution < -0.4 is 5.73 Å². The van der Waals surface area contributed by atoms with Gasteiger partial charge < -0.3 is 15.6 Å². The van der Waals surface area contributed by atoms with Crippen molar-refractivity contribution in [3.8, 4) is 0 Å². The number of rotatable bonds is 6. The largest absolute Gasteiger partial charge is 0.396 e. The molecule has 0 fully saturated rings. The first-order valence-corrected chi connectivity index (χ1v) is 4.96. The molecular formula is C10H23NO2. The summed E-state index contributed by atoms with van der Waals surface area (Å²) in [6.45, 7) is 6.93. The number of aliphatic hydroxyl groups excluding tert-OH is 1. The van der Waals surface area contributed by atoms with Crippen molar-refractivity contribution in [3.05, 3.63) is 0 Å². The molecule has 0 aromatic carbocycles. The number of nitrogens with two attached hydrogens (primary N) is 1. The second-order valence-electron chi connectivity index (χ2n) is 4.40. The molecule has 0 rings (SSSR count). The third kappa shape index (κ3) is 9.80. The molecule has 0 unspecified atom stereocenters. The van der Waals surface area contributed by atoms with E-state index in [1.807, 2.05) is 20.8 Å². The van der Waals surface area contributed by atoms with Gasteiger partial charge in [-0.15, -0.1) is 0 Å². The molecule has 0 saturated carbocycles. The van der Waals surface area contributed by atoms with Gasteiger partial charge in [-0.1, -0.05) is 0 Å². The van der Waals surface area contributed by atoms with E-state index in [-0.39, 0.29) is 18.2 Å². The molecule has 0 spiro atoms. The van der Waals surface area contributed by atoms with Crippen LogP contribution in [0.2, 0.25) is 0 Å². The number of unbranched alkanes of at least 4 members (excludes halogenated alkanes) is 1. The summed E-state index contributed by atoms with van der Waals surface area (Å²) in [5.41, 5.74) is 5.71. The Hall–Kier alpha value is -0.120. The minimum Gasteiger partial charge on any atom is -0.396 e. The summed E-state index contributed by atoms with van der Waals surface area (Å²) in [6.07, 6.45) is 2.74. The molecular weight excluding hydrogens is 166 g/mol. The fourth-order valence-electron chi connectivity index (χ4n) is 0.959. The fourth-order valence-corrected chi connectivity index (χ4v) is 0.959. The van der Waals surface area contributed by atoms with Gasteiger partial charge in [0.1, 0.15) is 0 Å². The van der Waals surface area contributed by atoms with E-state index in [2.05, 4.69) is 0 Å². The van der Waals surface area contributed by atoms with E-state index in [1.54, 1.807) is 0 Å². The molecule has 0 aliphatic carbocycles. The van der Waals surface area contributed by atoms with Gasteiger partial charge in [0, 0.05) is 12.6 Å². The Bertz CT molecular complexity index is 121. The zero-order chi connectivity index (χ0) is 10.3. The number of hydrogen-bond donors (Lipinski definition) is 2. The van der Waals surface area contributed by atoms with E-state index in [9.17, 15) is 0 Å². The Balaban J connectivity index is 3.35. The van der Waals surface area contributed by atoms with Gasteiger partial charge in [-0.2, -0.15) is 0 Å². The van der Waals surface area contributed by atoms with Crippen molar-refractivity contribution in [1.82, 2.24) is 0 Å². The molecule has 13 heavy (non-hydrogen) atoms. The van der Waals surface area contributed by atoms with Crippen molar-refractivity contribution in [2.24, 2.45) is 5.73 Å². The van der Waals surface area contributed by atoms with Crippen LogP contribution in [0.3, 0.4) is 0 Å². The predicted molar refractivity (Wildman–Crippen MR) is 54.6 cm³/mol. The smallest absolute Gasteiger partial charge is 0.0624 e.